The molecule has 0 aliphatic heterocycles. The number of aromatic nitrogens is 5. The summed E-state index contributed by atoms with van der Waals surface area (Å²) in [5.41, 5.74) is 4.23. The molecule has 0 N–H and O–H groups in total. The van der Waals surface area contributed by atoms with Crippen molar-refractivity contribution in [3.05, 3.63) is 61.9 Å². The van der Waals surface area contributed by atoms with Crippen molar-refractivity contribution in [3.63, 3.8) is 0 Å². The molecule has 6 heteroatoms. The van der Waals surface area contributed by atoms with Crippen molar-refractivity contribution >= 4 is 5.52 Å². The summed E-state index contributed by atoms with van der Waals surface area (Å²) in [5, 5.41) is 8.66. The summed E-state index contributed by atoms with van der Waals surface area (Å²) in [6, 6.07) is 2.78. The van der Waals surface area contributed by atoms with Crippen LogP contribution in [0, 0.1) is 5.92 Å². The lowest BCUT2D eigenvalue weighted by molar-refractivity contribution is 0.123. The maximum absolute atomic E-state index is 4.92. The standard InChI is InChI=1S/C17H22N6.C4H6.C3H6/c1-21(2)14-6-12(7-14)8-15-17-4-5-18-23(17)11-16(20-15)13-9-19-22(3)10-13;1-3-4-2;1-2-3-1/h4-5,9-12,14H,6-8H2,1-3H3;3-4H,1-2H2;1-3H2. The lowest BCUT2D eigenvalue weighted by Gasteiger charge is -2.39. The molecule has 6 nitrogen and oxygen atoms in total. The summed E-state index contributed by atoms with van der Waals surface area (Å²) >= 11 is 0. The van der Waals surface area contributed by atoms with Crippen LogP contribution in [0.3, 0.4) is 0 Å². The van der Waals surface area contributed by atoms with Crippen LogP contribution < -0.4 is 0 Å². The average molecular weight is 407 g/mol. The van der Waals surface area contributed by atoms with Crippen molar-refractivity contribution in [2.45, 2.75) is 44.6 Å². The van der Waals surface area contributed by atoms with Crippen molar-refractivity contribution in [1.29, 1.82) is 0 Å². The predicted octanol–water partition coefficient (Wildman–Crippen LogP) is 4.54. The fourth-order valence-corrected chi connectivity index (χ4v) is 3.40. The van der Waals surface area contributed by atoms with E-state index in [0.717, 1.165) is 40.8 Å². The van der Waals surface area contributed by atoms with Gasteiger partial charge in [0.2, 0.25) is 0 Å². The summed E-state index contributed by atoms with van der Waals surface area (Å²) in [4.78, 5) is 7.24. The largest absolute Gasteiger partial charge is 0.306 e. The molecule has 0 bridgehead atoms. The summed E-state index contributed by atoms with van der Waals surface area (Å²) in [7, 11) is 6.25. The zero-order valence-electron chi connectivity index (χ0n) is 18.5. The number of hydrogen-bond donors (Lipinski definition) is 0. The number of rotatable bonds is 5. The Bertz CT molecular complexity index is 950. The zero-order chi connectivity index (χ0) is 21.5. The Balaban J connectivity index is 0.000000315. The van der Waals surface area contributed by atoms with Crippen LogP contribution in [-0.2, 0) is 13.5 Å². The van der Waals surface area contributed by atoms with Crippen LogP contribution in [0.5, 0.6) is 0 Å². The van der Waals surface area contributed by atoms with Crippen LogP contribution in [0.1, 0.15) is 37.8 Å². The van der Waals surface area contributed by atoms with Gasteiger partial charge in [0.05, 0.1) is 35.5 Å². The molecule has 3 aromatic rings. The SMILES string of the molecule is C1CC1.C=CC=C.CN(C)C1CC(Cc2nc(-c3cnn(C)c3)cn3nccc23)C1. The number of hydrogen-bond acceptors (Lipinski definition) is 4. The van der Waals surface area contributed by atoms with Crippen LogP contribution in [0.15, 0.2) is 56.2 Å². The van der Waals surface area contributed by atoms with E-state index in [1.165, 1.54) is 32.1 Å². The normalized spacial score (nSPS) is 19.2. The smallest absolute Gasteiger partial charge is 0.0921 e. The first-order valence-corrected chi connectivity index (χ1v) is 10.7. The number of aryl methyl sites for hydroxylation is 1. The minimum absolute atomic E-state index is 0.720. The third-order valence-electron chi connectivity index (χ3n) is 5.41. The van der Waals surface area contributed by atoms with Crippen LogP contribution in [-0.4, -0.2) is 49.4 Å². The van der Waals surface area contributed by atoms with E-state index in [2.05, 4.69) is 48.4 Å². The molecule has 5 rings (SSSR count). The maximum atomic E-state index is 4.92. The van der Waals surface area contributed by atoms with Gasteiger partial charge in [-0.2, -0.15) is 10.2 Å². The van der Waals surface area contributed by atoms with Gasteiger partial charge in [0.25, 0.3) is 0 Å². The summed E-state index contributed by atoms with van der Waals surface area (Å²) in [6.07, 6.45) is 19.0. The molecule has 30 heavy (non-hydrogen) atoms. The van der Waals surface area contributed by atoms with Gasteiger partial charge in [-0.25, -0.2) is 9.50 Å². The first-order valence-electron chi connectivity index (χ1n) is 10.7. The van der Waals surface area contributed by atoms with Crippen molar-refractivity contribution in [2.75, 3.05) is 14.1 Å². The van der Waals surface area contributed by atoms with E-state index in [4.69, 9.17) is 4.98 Å². The minimum atomic E-state index is 0.720. The first kappa shape index (κ1) is 22.0. The molecule has 0 atom stereocenters. The molecule has 3 heterocycles. The van der Waals surface area contributed by atoms with Gasteiger partial charge in [-0.1, -0.05) is 44.6 Å². The van der Waals surface area contributed by atoms with Gasteiger partial charge in [-0.3, -0.25) is 4.68 Å². The van der Waals surface area contributed by atoms with E-state index >= 15 is 0 Å². The van der Waals surface area contributed by atoms with E-state index in [9.17, 15) is 0 Å². The molecule has 0 radical (unpaired) electrons. The Morgan fingerprint density at radius 2 is 1.80 bits per heavy atom. The monoisotopic (exact) mass is 406 g/mol. The lowest BCUT2D eigenvalue weighted by Crippen LogP contribution is -2.41. The molecule has 2 aliphatic rings. The second kappa shape index (κ2) is 10.3. The van der Waals surface area contributed by atoms with Crippen molar-refractivity contribution in [3.8, 4) is 11.3 Å². The summed E-state index contributed by atoms with van der Waals surface area (Å²) in [5.74, 6) is 0.720. The fraction of sp³-hybridized carbons (Fsp3) is 0.458. The van der Waals surface area contributed by atoms with Gasteiger partial charge >= 0.3 is 0 Å². The number of fused-ring (bicyclic) bond motifs is 1. The molecule has 3 aromatic heterocycles. The van der Waals surface area contributed by atoms with E-state index in [1.54, 1.807) is 16.8 Å². The molecule has 0 amide bonds. The molecule has 2 fully saturated rings. The highest BCUT2D eigenvalue weighted by Crippen LogP contribution is 2.34. The Kier molecular flexibility index (Phi) is 7.57. The molecular weight excluding hydrogens is 372 g/mol. The quantitative estimate of drug-likeness (QED) is 0.584. The fourth-order valence-electron chi connectivity index (χ4n) is 3.40. The van der Waals surface area contributed by atoms with Crippen molar-refractivity contribution in [2.24, 2.45) is 13.0 Å². The molecule has 2 saturated carbocycles. The van der Waals surface area contributed by atoms with Gasteiger partial charge < -0.3 is 4.90 Å². The van der Waals surface area contributed by atoms with Crippen molar-refractivity contribution in [1.82, 2.24) is 29.3 Å². The lowest BCUT2D eigenvalue weighted by atomic mass is 9.77. The topological polar surface area (TPSA) is 51.2 Å². The Morgan fingerprint density at radius 1 is 1.10 bits per heavy atom. The van der Waals surface area contributed by atoms with E-state index in [1.807, 2.05) is 36.4 Å². The average Bonchev–Trinajstić information content (AvgIpc) is 3.40. The minimum Gasteiger partial charge on any atom is -0.306 e. The Hall–Kier alpha value is -2.73. The molecule has 0 unspecified atom stereocenters. The molecule has 0 aromatic carbocycles. The third kappa shape index (κ3) is 5.89. The molecular formula is C24H34N6. The summed E-state index contributed by atoms with van der Waals surface area (Å²) in [6.45, 7) is 6.72. The van der Waals surface area contributed by atoms with Crippen LogP contribution in [0.25, 0.3) is 16.8 Å². The number of nitrogens with zero attached hydrogens (tertiary/aromatic N) is 6. The predicted molar refractivity (Wildman–Crippen MR) is 123 cm³/mol. The highest BCUT2D eigenvalue weighted by molar-refractivity contribution is 5.61. The second-order valence-corrected chi connectivity index (χ2v) is 8.33. The molecule has 0 saturated heterocycles. The van der Waals surface area contributed by atoms with Crippen LogP contribution >= 0.6 is 0 Å². The van der Waals surface area contributed by atoms with Gasteiger partial charge in [0.1, 0.15) is 0 Å². The van der Waals surface area contributed by atoms with E-state index < -0.39 is 0 Å². The molecule has 2 aliphatic carbocycles. The van der Waals surface area contributed by atoms with Gasteiger partial charge in [-0.15, -0.1) is 0 Å². The van der Waals surface area contributed by atoms with Crippen molar-refractivity contribution < 1.29 is 0 Å². The van der Waals surface area contributed by atoms with E-state index in [0.29, 0.717) is 0 Å². The molecule has 0 spiro atoms. The number of allylic oxidation sites excluding steroid dienone is 2. The van der Waals surface area contributed by atoms with Gasteiger partial charge in [0.15, 0.2) is 0 Å². The molecule has 160 valence electrons. The Morgan fingerprint density at radius 3 is 2.33 bits per heavy atom. The highest BCUT2D eigenvalue weighted by Gasteiger charge is 2.31. The van der Waals surface area contributed by atoms with Crippen LogP contribution in [0.4, 0.5) is 0 Å². The zero-order valence-corrected chi connectivity index (χ0v) is 18.5. The van der Waals surface area contributed by atoms with E-state index in [-0.39, 0.29) is 0 Å². The first-order chi connectivity index (χ1) is 14.5. The van der Waals surface area contributed by atoms with Gasteiger partial charge in [-0.05, 0) is 45.3 Å². The second-order valence-electron chi connectivity index (χ2n) is 8.33. The summed E-state index contributed by atoms with van der Waals surface area (Å²) < 4.78 is 3.74. The Labute approximate surface area is 179 Å². The maximum Gasteiger partial charge on any atom is 0.0921 e. The highest BCUT2D eigenvalue weighted by atomic mass is 15.2. The third-order valence-corrected chi connectivity index (χ3v) is 5.41. The van der Waals surface area contributed by atoms with Gasteiger partial charge in [0, 0.05) is 24.8 Å². The van der Waals surface area contributed by atoms with Crippen LogP contribution in [0.2, 0.25) is 0 Å².